The highest BCUT2D eigenvalue weighted by molar-refractivity contribution is 6.28. The molecule has 18 heavy (non-hydrogen) atoms. The van der Waals surface area contributed by atoms with Gasteiger partial charge in [-0.2, -0.15) is 15.0 Å². The van der Waals surface area contributed by atoms with E-state index >= 15 is 0 Å². The lowest BCUT2D eigenvalue weighted by Gasteiger charge is -2.06. The monoisotopic (exact) mass is 261 g/mol. The highest BCUT2D eigenvalue weighted by Gasteiger charge is 2.09. The minimum Gasteiger partial charge on any atom is -0.459 e. The molecule has 1 aromatic heterocycles. The van der Waals surface area contributed by atoms with Crippen LogP contribution >= 0.6 is 11.6 Å². The predicted molar refractivity (Wildman–Crippen MR) is 70.7 cm³/mol. The van der Waals surface area contributed by atoms with Crippen LogP contribution in [0.5, 0.6) is 6.01 Å². The van der Waals surface area contributed by atoms with Crippen molar-refractivity contribution in [3.63, 3.8) is 0 Å². The first-order valence-electron chi connectivity index (χ1n) is 5.42. The lowest BCUT2D eigenvalue weighted by molar-refractivity contribution is 0.332. The Hall–Kier alpha value is -1.94. The lowest BCUT2D eigenvalue weighted by atomic mass is 10.1. The van der Waals surface area contributed by atoms with Crippen molar-refractivity contribution in [1.29, 1.82) is 0 Å². The largest absolute Gasteiger partial charge is 0.459 e. The van der Waals surface area contributed by atoms with Crippen molar-refractivity contribution in [3.8, 4) is 17.4 Å². The summed E-state index contributed by atoms with van der Waals surface area (Å²) in [5.74, 6) is 0.507. The van der Waals surface area contributed by atoms with Gasteiger partial charge in [-0.15, -0.1) is 0 Å². The zero-order valence-corrected chi connectivity index (χ0v) is 10.7. The van der Waals surface area contributed by atoms with Crippen LogP contribution in [-0.4, -0.2) is 21.6 Å². The molecule has 0 saturated heterocycles. The summed E-state index contributed by atoms with van der Waals surface area (Å²) < 4.78 is 5.27. The van der Waals surface area contributed by atoms with Crippen molar-refractivity contribution in [2.24, 2.45) is 0 Å². The molecule has 0 bridgehead atoms. The molecule has 0 N–H and O–H groups in total. The second-order valence-corrected chi connectivity index (χ2v) is 3.96. The van der Waals surface area contributed by atoms with Gasteiger partial charge in [-0.25, -0.2) is 0 Å². The first-order chi connectivity index (χ1) is 8.70. The quantitative estimate of drug-likeness (QED) is 0.794. The van der Waals surface area contributed by atoms with Crippen LogP contribution < -0.4 is 4.74 Å². The maximum absolute atomic E-state index is 5.86. The minimum absolute atomic E-state index is 0.113. The lowest BCUT2D eigenvalue weighted by Crippen LogP contribution is -2.02. The number of hydrogen-bond acceptors (Lipinski definition) is 4. The van der Waals surface area contributed by atoms with Crippen LogP contribution in [-0.2, 0) is 0 Å². The zero-order valence-electron chi connectivity index (χ0n) is 9.93. The van der Waals surface area contributed by atoms with Crippen molar-refractivity contribution in [2.75, 3.05) is 6.61 Å². The molecule has 0 spiro atoms. The van der Waals surface area contributed by atoms with E-state index in [9.17, 15) is 0 Å². The second-order valence-electron chi connectivity index (χ2n) is 3.63. The van der Waals surface area contributed by atoms with E-state index in [1.165, 1.54) is 0 Å². The topological polar surface area (TPSA) is 47.9 Å². The standard InChI is InChI=1S/C13H12ClN3O/c1-3-8-18-13-16-11(15-12(14)17-13)10-7-5-4-6-9(10)2/h3-7H,1,8H2,2H3. The van der Waals surface area contributed by atoms with Gasteiger partial charge in [0.25, 0.3) is 0 Å². The summed E-state index contributed by atoms with van der Waals surface area (Å²) in [6.45, 7) is 5.87. The molecule has 0 aliphatic heterocycles. The predicted octanol–water partition coefficient (Wildman–Crippen LogP) is 3.07. The molecule has 0 unspecified atom stereocenters. The Kier molecular flexibility index (Phi) is 3.89. The van der Waals surface area contributed by atoms with Crippen LogP contribution in [0.1, 0.15) is 5.56 Å². The van der Waals surface area contributed by atoms with Crippen molar-refractivity contribution >= 4 is 11.6 Å². The third kappa shape index (κ3) is 2.84. The fourth-order valence-electron chi connectivity index (χ4n) is 1.47. The SMILES string of the molecule is C=CCOc1nc(Cl)nc(-c2ccccc2C)n1. The molecule has 4 nitrogen and oxygen atoms in total. The number of nitrogens with zero attached hydrogens (tertiary/aromatic N) is 3. The molecule has 0 aliphatic carbocycles. The van der Waals surface area contributed by atoms with Crippen molar-refractivity contribution < 1.29 is 4.74 Å². The number of aryl methyl sites for hydroxylation is 1. The van der Waals surface area contributed by atoms with E-state index in [0.717, 1.165) is 11.1 Å². The molecule has 0 radical (unpaired) electrons. The summed E-state index contributed by atoms with van der Waals surface area (Å²) >= 11 is 5.86. The molecular weight excluding hydrogens is 250 g/mol. The van der Waals surface area contributed by atoms with Crippen LogP contribution in [0, 0.1) is 6.92 Å². The van der Waals surface area contributed by atoms with Gasteiger partial charge in [-0.1, -0.05) is 36.9 Å². The molecule has 92 valence electrons. The van der Waals surface area contributed by atoms with Crippen LogP contribution in [0.4, 0.5) is 0 Å². The van der Waals surface area contributed by atoms with Crippen LogP contribution in [0.2, 0.25) is 5.28 Å². The number of ether oxygens (including phenoxy) is 1. The molecule has 0 fully saturated rings. The fourth-order valence-corrected chi connectivity index (χ4v) is 1.63. The van der Waals surface area contributed by atoms with Gasteiger partial charge in [-0.3, -0.25) is 0 Å². The van der Waals surface area contributed by atoms with Crippen LogP contribution in [0.25, 0.3) is 11.4 Å². The van der Waals surface area contributed by atoms with Crippen LogP contribution in [0.15, 0.2) is 36.9 Å². The average molecular weight is 262 g/mol. The number of halogens is 1. The Morgan fingerprint density at radius 3 is 2.78 bits per heavy atom. The number of rotatable bonds is 4. The van der Waals surface area contributed by atoms with E-state index in [1.807, 2.05) is 31.2 Å². The van der Waals surface area contributed by atoms with E-state index in [4.69, 9.17) is 16.3 Å². The molecular formula is C13H12ClN3O. The van der Waals surface area contributed by atoms with Gasteiger partial charge in [0.1, 0.15) is 6.61 Å². The number of hydrogen-bond donors (Lipinski definition) is 0. The normalized spacial score (nSPS) is 10.1. The smallest absolute Gasteiger partial charge is 0.321 e. The summed E-state index contributed by atoms with van der Waals surface area (Å²) in [7, 11) is 0. The molecule has 1 heterocycles. The highest BCUT2D eigenvalue weighted by Crippen LogP contribution is 2.21. The Morgan fingerprint density at radius 2 is 2.06 bits per heavy atom. The van der Waals surface area contributed by atoms with Gasteiger partial charge < -0.3 is 4.74 Å². The molecule has 0 aliphatic rings. The van der Waals surface area contributed by atoms with Gasteiger partial charge in [0.05, 0.1) is 0 Å². The third-order valence-electron chi connectivity index (χ3n) is 2.30. The number of aromatic nitrogens is 3. The van der Waals surface area contributed by atoms with E-state index < -0.39 is 0 Å². The van der Waals surface area contributed by atoms with Crippen molar-refractivity contribution in [3.05, 3.63) is 47.8 Å². The molecule has 5 heteroatoms. The molecule has 0 atom stereocenters. The summed E-state index contributed by atoms with van der Waals surface area (Å²) in [6.07, 6.45) is 1.62. The Balaban J connectivity index is 2.42. The summed E-state index contributed by atoms with van der Waals surface area (Å²) in [4.78, 5) is 12.2. The minimum atomic E-state index is 0.113. The van der Waals surface area contributed by atoms with Crippen molar-refractivity contribution in [1.82, 2.24) is 15.0 Å². The Morgan fingerprint density at radius 1 is 1.28 bits per heavy atom. The first kappa shape index (κ1) is 12.5. The summed E-state index contributed by atoms with van der Waals surface area (Å²) in [5, 5.41) is 0.113. The van der Waals surface area contributed by atoms with Gasteiger partial charge >= 0.3 is 6.01 Å². The summed E-state index contributed by atoms with van der Waals surface area (Å²) in [5.41, 5.74) is 1.97. The molecule has 0 saturated carbocycles. The molecule has 2 rings (SSSR count). The maximum atomic E-state index is 5.86. The van der Waals surface area contributed by atoms with Gasteiger partial charge in [0, 0.05) is 5.56 Å². The second kappa shape index (κ2) is 5.60. The van der Waals surface area contributed by atoms with E-state index in [0.29, 0.717) is 12.4 Å². The van der Waals surface area contributed by atoms with E-state index in [-0.39, 0.29) is 11.3 Å². The molecule has 1 aromatic carbocycles. The third-order valence-corrected chi connectivity index (χ3v) is 2.47. The number of benzene rings is 1. The zero-order chi connectivity index (χ0) is 13.0. The maximum Gasteiger partial charge on any atom is 0.321 e. The van der Waals surface area contributed by atoms with Crippen molar-refractivity contribution in [2.45, 2.75) is 6.92 Å². The van der Waals surface area contributed by atoms with Gasteiger partial charge in [-0.05, 0) is 24.1 Å². The summed E-state index contributed by atoms with van der Waals surface area (Å²) in [6, 6.07) is 7.99. The Labute approximate surface area is 110 Å². The van der Waals surface area contributed by atoms with Gasteiger partial charge in [0.2, 0.25) is 5.28 Å². The Bertz CT molecular complexity index is 572. The fraction of sp³-hybridized carbons (Fsp3) is 0.154. The first-order valence-corrected chi connectivity index (χ1v) is 5.80. The van der Waals surface area contributed by atoms with Gasteiger partial charge in [0.15, 0.2) is 5.82 Å². The highest BCUT2D eigenvalue weighted by atomic mass is 35.5. The molecule has 0 amide bonds. The van der Waals surface area contributed by atoms with Crippen LogP contribution in [0.3, 0.4) is 0 Å². The molecule has 2 aromatic rings. The van der Waals surface area contributed by atoms with E-state index in [2.05, 4.69) is 21.5 Å². The average Bonchev–Trinajstić information content (AvgIpc) is 2.36. The van der Waals surface area contributed by atoms with E-state index in [1.54, 1.807) is 6.08 Å².